The van der Waals surface area contributed by atoms with Gasteiger partial charge in [-0.25, -0.2) is 4.98 Å². The molecule has 0 aromatic carbocycles. The lowest BCUT2D eigenvalue weighted by Gasteiger charge is -2.29. The van der Waals surface area contributed by atoms with E-state index in [1.165, 1.54) is 5.56 Å². The molecule has 0 saturated carbocycles. The van der Waals surface area contributed by atoms with Crippen LogP contribution in [-0.2, 0) is 13.0 Å². The highest BCUT2D eigenvalue weighted by molar-refractivity contribution is 5.31. The molecule has 1 saturated heterocycles. The van der Waals surface area contributed by atoms with Crippen LogP contribution in [0.4, 0.5) is 0 Å². The van der Waals surface area contributed by atoms with Gasteiger partial charge in [0.15, 0.2) is 0 Å². The molecule has 0 radical (unpaired) electrons. The zero-order valence-electron chi connectivity index (χ0n) is 12.1. The Labute approximate surface area is 120 Å². The van der Waals surface area contributed by atoms with Gasteiger partial charge in [-0.05, 0) is 45.7 Å². The second-order valence-corrected chi connectivity index (χ2v) is 5.68. The molecule has 1 fully saturated rings. The zero-order valence-corrected chi connectivity index (χ0v) is 12.1. The van der Waals surface area contributed by atoms with E-state index in [0.717, 1.165) is 69.3 Å². The van der Waals surface area contributed by atoms with Gasteiger partial charge in [0.1, 0.15) is 5.82 Å². The third-order valence-electron chi connectivity index (χ3n) is 4.22. The summed E-state index contributed by atoms with van der Waals surface area (Å²) in [6, 6.07) is 0. The van der Waals surface area contributed by atoms with E-state index in [0.29, 0.717) is 5.92 Å². The fourth-order valence-electron chi connectivity index (χ4n) is 2.98. The lowest BCUT2D eigenvalue weighted by molar-refractivity contribution is 0.192. The van der Waals surface area contributed by atoms with Gasteiger partial charge in [-0.3, -0.25) is 4.90 Å². The number of nitrogens with zero attached hydrogens (tertiary/aromatic N) is 3. The van der Waals surface area contributed by atoms with E-state index in [-0.39, 0.29) is 0 Å². The first kappa shape index (κ1) is 13.4. The number of aryl methyl sites for hydroxylation is 1. The quantitative estimate of drug-likeness (QED) is 0.771. The van der Waals surface area contributed by atoms with Gasteiger partial charge < -0.3 is 4.74 Å². The van der Waals surface area contributed by atoms with Crippen LogP contribution >= 0.6 is 0 Å². The summed E-state index contributed by atoms with van der Waals surface area (Å²) in [4.78, 5) is 11.6. The number of ether oxygens (including phenoxy) is 1. The van der Waals surface area contributed by atoms with Crippen LogP contribution in [0.5, 0.6) is 5.88 Å². The Morgan fingerprint density at radius 3 is 2.90 bits per heavy atom. The Morgan fingerprint density at radius 2 is 2.15 bits per heavy atom. The largest absolute Gasteiger partial charge is 0.477 e. The molecule has 0 aliphatic carbocycles. The van der Waals surface area contributed by atoms with Crippen molar-refractivity contribution in [2.45, 2.75) is 39.2 Å². The Morgan fingerprint density at radius 1 is 1.35 bits per heavy atom. The van der Waals surface area contributed by atoms with Crippen LogP contribution in [0.25, 0.3) is 0 Å². The van der Waals surface area contributed by atoms with E-state index in [1.807, 2.05) is 0 Å². The van der Waals surface area contributed by atoms with Crippen LogP contribution in [0.1, 0.15) is 36.3 Å². The SMILES string of the molecule is C#CC1CCN(Cc2nc(C)c3c(n2)OCCC3)CC1. The van der Waals surface area contributed by atoms with Crippen LogP contribution in [0.3, 0.4) is 0 Å². The van der Waals surface area contributed by atoms with E-state index in [4.69, 9.17) is 11.2 Å². The molecule has 3 rings (SSSR count). The number of hydrogen-bond donors (Lipinski definition) is 0. The molecule has 4 heteroatoms. The number of likely N-dealkylation sites (tertiary alicyclic amines) is 1. The molecule has 0 bridgehead atoms. The first-order chi connectivity index (χ1) is 9.76. The summed E-state index contributed by atoms with van der Waals surface area (Å²) < 4.78 is 5.67. The summed E-state index contributed by atoms with van der Waals surface area (Å²) in [6.07, 6.45) is 9.75. The first-order valence-electron chi connectivity index (χ1n) is 7.44. The standard InChI is InChI=1S/C16H21N3O/c1-3-13-6-8-19(9-7-13)11-15-17-12(2)14-5-4-10-20-16(14)18-15/h1,13H,4-11H2,2H3. The van der Waals surface area contributed by atoms with Gasteiger partial charge in [0.25, 0.3) is 0 Å². The fraction of sp³-hybridized carbons (Fsp3) is 0.625. The molecule has 0 amide bonds. The van der Waals surface area contributed by atoms with Gasteiger partial charge in [0.2, 0.25) is 5.88 Å². The second kappa shape index (κ2) is 5.80. The number of aromatic nitrogens is 2. The van der Waals surface area contributed by atoms with Crippen molar-refractivity contribution in [1.29, 1.82) is 0 Å². The van der Waals surface area contributed by atoms with Crippen LogP contribution in [-0.4, -0.2) is 34.6 Å². The summed E-state index contributed by atoms with van der Waals surface area (Å²) in [7, 11) is 0. The van der Waals surface area contributed by atoms with Crippen molar-refractivity contribution in [2.24, 2.45) is 5.92 Å². The second-order valence-electron chi connectivity index (χ2n) is 5.68. The third-order valence-corrected chi connectivity index (χ3v) is 4.22. The average Bonchev–Trinajstić information content (AvgIpc) is 2.48. The van der Waals surface area contributed by atoms with Crippen molar-refractivity contribution in [3.63, 3.8) is 0 Å². The molecule has 2 aliphatic rings. The highest BCUT2D eigenvalue weighted by Crippen LogP contribution is 2.25. The monoisotopic (exact) mass is 271 g/mol. The van der Waals surface area contributed by atoms with Crippen molar-refractivity contribution >= 4 is 0 Å². The van der Waals surface area contributed by atoms with E-state index >= 15 is 0 Å². The van der Waals surface area contributed by atoms with Gasteiger partial charge >= 0.3 is 0 Å². The van der Waals surface area contributed by atoms with Crippen molar-refractivity contribution in [1.82, 2.24) is 14.9 Å². The minimum Gasteiger partial charge on any atom is -0.477 e. The van der Waals surface area contributed by atoms with E-state index in [9.17, 15) is 0 Å². The van der Waals surface area contributed by atoms with Gasteiger partial charge in [-0.2, -0.15) is 4.98 Å². The summed E-state index contributed by atoms with van der Waals surface area (Å²) in [5.74, 6) is 4.99. The highest BCUT2D eigenvalue weighted by Gasteiger charge is 2.21. The maximum absolute atomic E-state index is 5.67. The maximum Gasteiger partial charge on any atom is 0.220 e. The topological polar surface area (TPSA) is 38.2 Å². The molecule has 4 nitrogen and oxygen atoms in total. The maximum atomic E-state index is 5.67. The predicted octanol–water partition coefficient (Wildman–Crippen LogP) is 1.96. The molecular formula is C16H21N3O. The first-order valence-corrected chi connectivity index (χ1v) is 7.44. The molecule has 2 aliphatic heterocycles. The predicted molar refractivity (Wildman–Crippen MR) is 77.4 cm³/mol. The van der Waals surface area contributed by atoms with Crippen molar-refractivity contribution < 1.29 is 4.74 Å². The van der Waals surface area contributed by atoms with E-state index < -0.39 is 0 Å². The summed E-state index contributed by atoms with van der Waals surface area (Å²) >= 11 is 0. The molecule has 3 heterocycles. The minimum absolute atomic E-state index is 0.445. The molecule has 1 aromatic rings. The van der Waals surface area contributed by atoms with Crippen LogP contribution in [0.2, 0.25) is 0 Å². The molecule has 0 N–H and O–H groups in total. The van der Waals surface area contributed by atoms with Gasteiger partial charge in [-0.1, -0.05) is 0 Å². The van der Waals surface area contributed by atoms with Gasteiger partial charge in [0.05, 0.1) is 13.2 Å². The molecule has 0 unspecified atom stereocenters. The summed E-state index contributed by atoms with van der Waals surface area (Å²) in [6.45, 7) is 5.71. The minimum atomic E-state index is 0.445. The summed E-state index contributed by atoms with van der Waals surface area (Å²) in [5, 5.41) is 0. The third kappa shape index (κ3) is 2.78. The lowest BCUT2D eigenvalue weighted by atomic mass is 9.98. The Hall–Kier alpha value is -1.60. The number of piperidine rings is 1. The smallest absolute Gasteiger partial charge is 0.220 e. The average molecular weight is 271 g/mol. The van der Waals surface area contributed by atoms with E-state index in [1.54, 1.807) is 0 Å². The number of fused-ring (bicyclic) bond motifs is 1. The molecule has 0 spiro atoms. The number of hydrogen-bond acceptors (Lipinski definition) is 4. The molecule has 106 valence electrons. The highest BCUT2D eigenvalue weighted by atomic mass is 16.5. The molecule has 0 atom stereocenters. The lowest BCUT2D eigenvalue weighted by Crippen LogP contribution is -2.33. The van der Waals surface area contributed by atoms with Crippen molar-refractivity contribution in [3.05, 3.63) is 17.1 Å². The Bertz CT molecular complexity index is 527. The molecule has 20 heavy (non-hydrogen) atoms. The van der Waals surface area contributed by atoms with Gasteiger partial charge in [-0.15, -0.1) is 12.3 Å². The Balaban J connectivity index is 1.69. The molecule has 1 aromatic heterocycles. The summed E-state index contributed by atoms with van der Waals surface area (Å²) in [5.41, 5.74) is 2.26. The van der Waals surface area contributed by atoms with Crippen LogP contribution in [0.15, 0.2) is 0 Å². The number of terminal acetylenes is 1. The van der Waals surface area contributed by atoms with Gasteiger partial charge in [0, 0.05) is 17.2 Å². The van der Waals surface area contributed by atoms with E-state index in [2.05, 4.69) is 27.7 Å². The zero-order chi connectivity index (χ0) is 13.9. The Kier molecular flexibility index (Phi) is 3.88. The van der Waals surface area contributed by atoms with Crippen LogP contribution < -0.4 is 4.74 Å². The normalized spacial score (nSPS) is 20.0. The van der Waals surface area contributed by atoms with Crippen molar-refractivity contribution in [2.75, 3.05) is 19.7 Å². The number of rotatable bonds is 2. The van der Waals surface area contributed by atoms with Crippen LogP contribution in [0, 0.1) is 25.2 Å². The molecular weight excluding hydrogens is 250 g/mol. The fourth-order valence-corrected chi connectivity index (χ4v) is 2.98. The van der Waals surface area contributed by atoms with Crippen molar-refractivity contribution in [3.8, 4) is 18.2 Å².